The largest absolute Gasteiger partial charge is 0.507 e. The van der Waals surface area contributed by atoms with E-state index in [0.29, 0.717) is 24.3 Å². The van der Waals surface area contributed by atoms with E-state index in [9.17, 15) is 19.5 Å². The van der Waals surface area contributed by atoms with Crippen molar-refractivity contribution in [2.75, 3.05) is 13.7 Å². The lowest BCUT2D eigenvalue weighted by Crippen LogP contribution is -2.30. The first kappa shape index (κ1) is 23.3. The van der Waals surface area contributed by atoms with Gasteiger partial charge in [0.1, 0.15) is 17.3 Å². The zero-order chi connectivity index (χ0) is 23.4. The molecule has 0 spiro atoms. The second-order valence-electron chi connectivity index (χ2n) is 7.36. The normalized spacial score (nSPS) is 17.5. The number of nitrogens with zero attached hydrogens (tertiary/aromatic N) is 1. The van der Waals surface area contributed by atoms with E-state index in [0.717, 1.165) is 6.42 Å². The van der Waals surface area contributed by atoms with Crippen LogP contribution in [0.15, 0.2) is 48.0 Å². The number of benzene rings is 2. The predicted molar refractivity (Wildman–Crippen MR) is 120 cm³/mol. The Morgan fingerprint density at radius 2 is 1.91 bits per heavy atom. The predicted octanol–water partition coefficient (Wildman–Crippen LogP) is 4.50. The molecule has 1 aliphatic rings. The third kappa shape index (κ3) is 4.62. The van der Waals surface area contributed by atoms with Crippen molar-refractivity contribution in [1.29, 1.82) is 0 Å². The first-order valence-electron chi connectivity index (χ1n) is 10.2. The molecule has 0 aliphatic carbocycles. The van der Waals surface area contributed by atoms with E-state index in [2.05, 4.69) is 0 Å². The van der Waals surface area contributed by atoms with Gasteiger partial charge in [0, 0.05) is 19.0 Å². The zero-order valence-electron chi connectivity index (χ0n) is 18.1. The number of carbonyl (C=O) groups excluding carboxylic acids is 3. The van der Waals surface area contributed by atoms with Crippen LogP contribution in [0.5, 0.6) is 11.5 Å². The monoisotopic (exact) mass is 457 g/mol. The molecule has 1 N–H and O–H groups in total. The smallest absolute Gasteiger partial charge is 0.308 e. The number of likely N-dealkylation sites (tertiary alicyclic amines) is 1. The first-order chi connectivity index (χ1) is 15.3. The average Bonchev–Trinajstić information content (AvgIpc) is 3.02. The maximum atomic E-state index is 13.0. The van der Waals surface area contributed by atoms with Gasteiger partial charge in [-0.1, -0.05) is 37.1 Å². The third-order valence-electron chi connectivity index (χ3n) is 5.16. The lowest BCUT2D eigenvalue weighted by molar-refractivity contribution is -0.139. The van der Waals surface area contributed by atoms with Crippen molar-refractivity contribution in [3.05, 3.63) is 64.2 Å². The summed E-state index contributed by atoms with van der Waals surface area (Å²) < 4.78 is 10.4. The number of esters is 1. The fourth-order valence-electron chi connectivity index (χ4n) is 3.66. The van der Waals surface area contributed by atoms with Crippen molar-refractivity contribution in [2.45, 2.75) is 32.7 Å². The van der Waals surface area contributed by atoms with Gasteiger partial charge >= 0.3 is 5.97 Å². The summed E-state index contributed by atoms with van der Waals surface area (Å²) >= 11 is 6.29. The quantitative estimate of drug-likeness (QED) is 0.216. The summed E-state index contributed by atoms with van der Waals surface area (Å²) in [6, 6.07) is 10.4. The van der Waals surface area contributed by atoms with Gasteiger partial charge in [-0.2, -0.15) is 0 Å². The SMILES string of the molecule is CCCCN1C(=O)C(=O)/C(=C(/O)c2cc(OC)ccc2Cl)C1c1cccc(OC(C)=O)c1. The number of aliphatic hydroxyl groups excluding tert-OH is 1. The number of methoxy groups -OCH3 is 1. The number of rotatable bonds is 7. The highest BCUT2D eigenvalue weighted by Crippen LogP contribution is 2.41. The van der Waals surface area contributed by atoms with Gasteiger partial charge < -0.3 is 19.5 Å². The molecular weight excluding hydrogens is 434 g/mol. The molecule has 0 radical (unpaired) electrons. The molecule has 0 bridgehead atoms. The average molecular weight is 458 g/mol. The van der Waals surface area contributed by atoms with Crippen LogP contribution >= 0.6 is 11.6 Å². The number of hydrogen-bond donors (Lipinski definition) is 1. The second kappa shape index (κ2) is 9.87. The summed E-state index contributed by atoms with van der Waals surface area (Å²) in [7, 11) is 1.47. The van der Waals surface area contributed by atoms with E-state index in [-0.39, 0.29) is 21.9 Å². The van der Waals surface area contributed by atoms with Crippen LogP contribution in [0.1, 0.15) is 43.9 Å². The Morgan fingerprint density at radius 1 is 1.16 bits per heavy atom. The van der Waals surface area contributed by atoms with Crippen LogP contribution in [-0.4, -0.2) is 41.3 Å². The molecule has 1 saturated heterocycles. The molecule has 7 nitrogen and oxygen atoms in total. The molecule has 2 aromatic carbocycles. The lowest BCUT2D eigenvalue weighted by atomic mass is 9.95. The number of Topliss-reactive ketones (excluding diaryl/α,β-unsaturated/α-hetero) is 1. The summed E-state index contributed by atoms with van der Waals surface area (Å²) in [4.78, 5) is 38.8. The highest BCUT2D eigenvalue weighted by atomic mass is 35.5. The number of halogens is 1. The standard InChI is InChI=1S/C24H24ClNO6/c1-4-5-11-26-21(15-7-6-8-17(12-15)32-14(2)27)20(23(29)24(26)30)22(28)18-13-16(31-3)9-10-19(18)25/h6-10,12-13,21,28H,4-5,11H2,1-3H3/b22-20+. The fourth-order valence-corrected chi connectivity index (χ4v) is 3.86. The number of amides is 1. The van der Waals surface area contributed by atoms with Crippen LogP contribution in [0.4, 0.5) is 0 Å². The molecule has 1 atom stereocenters. The summed E-state index contributed by atoms with van der Waals surface area (Å²) in [5, 5.41) is 11.4. The maximum Gasteiger partial charge on any atom is 0.308 e. The van der Waals surface area contributed by atoms with Crippen LogP contribution < -0.4 is 9.47 Å². The Hall–Kier alpha value is -3.32. The molecular formula is C24H24ClNO6. The second-order valence-corrected chi connectivity index (χ2v) is 7.77. The number of ether oxygens (including phenoxy) is 2. The Kier molecular flexibility index (Phi) is 7.20. The molecule has 1 unspecified atom stereocenters. The van der Waals surface area contributed by atoms with Gasteiger partial charge in [-0.25, -0.2) is 0 Å². The molecule has 32 heavy (non-hydrogen) atoms. The van der Waals surface area contributed by atoms with Crippen molar-refractivity contribution >= 4 is 35.0 Å². The van der Waals surface area contributed by atoms with Crippen molar-refractivity contribution in [1.82, 2.24) is 4.90 Å². The van der Waals surface area contributed by atoms with E-state index < -0.39 is 29.5 Å². The zero-order valence-corrected chi connectivity index (χ0v) is 18.8. The molecule has 0 saturated carbocycles. The van der Waals surface area contributed by atoms with Crippen LogP contribution in [0.2, 0.25) is 5.02 Å². The number of aliphatic hydroxyl groups is 1. The molecule has 3 rings (SSSR count). The van der Waals surface area contributed by atoms with Gasteiger partial charge in [-0.05, 0) is 42.3 Å². The Bertz CT molecular complexity index is 1090. The van der Waals surface area contributed by atoms with Gasteiger partial charge in [0.15, 0.2) is 0 Å². The van der Waals surface area contributed by atoms with Gasteiger partial charge in [-0.15, -0.1) is 0 Å². The maximum absolute atomic E-state index is 13.0. The third-order valence-corrected chi connectivity index (χ3v) is 5.49. The van der Waals surface area contributed by atoms with E-state index in [1.165, 1.54) is 25.0 Å². The van der Waals surface area contributed by atoms with Crippen LogP contribution in [0, 0.1) is 0 Å². The Balaban J connectivity index is 2.20. The molecule has 1 fully saturated rings. The Labute approximate surface area is 191 Å². The molecule has 2 aromatic rings. The van der Waals surface area contributed by atoms with E-state index >= 15 is 0 Å². The minimum absolute atomic E-state index is 0.0822. The van der Waals surface area contributed by atoms with Crippen molar-refractivity contribution < 1.29 is 29.0 Å². The van der Waals surface area contributed by atoms with Crippen LogP contribution in [0.25, 0.3) is 5.76 Å². The van der Waals surface area contributed by atoms with Gasteiger partial charge in [0.2, 0.25) is 0 Å². The highest BCUT2D eigenvalue weighted by Gasteiger charge is 2.46. The topological polar surface area (TPSA) is 93.1 Å². The summed E-state index contributed by atoms with van der Waals surface area (Å²) in [5.74, 6) is -1.69. The molecule has 1 amide bonds. The molecule has 1 aliphatic heterocycles. The minimum Gasteiger partial charge on any atom is -0.507 e. The first-order valence-corrected chi connectivity index (χ1v) is 10.6. The highest BCUT2D eigenvalue weighted by molar-refractivity contribution is 6.47. The van der Waals surface area contributed by atoms with Gasteiger partial charge in [0.05, 0.1) is 23.7 Å². The van der Waals surface area contributed by atoms with Gasteiger partial charge in [0.25, 0.3) is 11.7 Å². The fraction of sp³-hybridized carbons (Fsp3) is 0.292. The Morgan fingerprint density at radius 3 is 2.56 bits per heavy atom. The van der Waals surface area contributed by atoms with Crippen molar-refractivity contribution in [2.24, 2.45) is 0 Å². The van der Waals surface area contributed by atoms with Crippen molar-refractivity contribution in [3.63, 3.8) is 0 Å². The molecule has 168 valence electrons. The van der Waals surface area contributed by atoms with Crippen LogP contribution in [-0.2, 0) is 14.4 Å². The number of hydrogen-bond acceptors (Lipinski definition) is 6. The van der Waals surface area contributed by atoms with E-state index in [4.69, 9.17) is 21.1 Å². The molecule has 8 heteroatoms. The number of ketones is 1. The number of unbranched alkanes of at least 4 members (excludes halogenated alkanes) is 1. The molecule has 0 aromatic heterocycles. The summed E-state index contributed by atoms with van der Waals surface area (Å²) in [6.07, 6.45) is 1.48. The van der Waals surface area contributed by atoms with E-state index in [1.54, 1.807) is 36.4 Å². The molecule has 1 heterocycles. The van der Waals surface area contributed by atoms with Crippen molar-refractivity contribution in [3.8, 4) is 11.5 Å². The summed E-state index contributed by atoms with van der Waals surface area (Å²) in [5.41, 5.74) is 0.626. The lowest BCUT2D eigenvalue weighted by Gasteiger charge is -2.25. The van der Waals surface area contributed by atoms with E-state index in [1.807, 2.05) is 6.92 Å². The summed E-state index contributed by atoms with van der Waals surface area (Å²) in [6.45, 7) is 3.58. The van der Waals surface area contributed by atoms with Crippen LogP contribution in [0.3, 0.4) is 0 Å². The number of carbonyl (C=O) groups is 3. The van der Waals surface area contributed by atoms with Gasteiger partial charge in [-0.3, -0.25) is 14.4 Å². The minimum atomic E-state index is -0.862.